The van der Waals surface area contributed by atoms with Crippen LogP contribution in [0.4, 0.5) is 0 Å². The number of unbranched alkanes of at least 4 members (excludes halogenated alkanes) is 10. The van der Waals surface area contributed by atoms with Gasteiger partial charge in [0.05, 0.1) is 0 Å². The van der Waals surface area contributed by atoms with Crippen LogP contribution in [-0.4, -0.2) is 36.8 Å². The average molecular weight is 347 g/mol. The van der Waals surface area contributed by atoms with E-state index in [9.17, 15) is 4.79 Å². The Labute approximate surface area is 148 Å². The Kier molecular flexibility index (Phi) is 23.7. The number of carboxylic acids is 1. The lowest BCUT2D eigenvalue weighted by Gasteiger charge is -2.03. The highest BCUT2D eigenvalue weighted by molar-refractivity contribution is 5.72. The van der Waals surface area contributed by atoms with E-state index in [0.29, 0.717) is 13.0 Å². The molecule has 0 aliphatic rings. The van der Waals surface area contributed by atoms with Gasteiger partial charge in [-0.05, 0) is 45.3 Å². The number of nitrogens with two attached hydrogens (primary N) is 4. The van der Waals surface area contributed by atoms with Crippen molar-refractivity contribution in [2.75, 3.05) is 19.6 Å². The number of carboxylic acid groups (broad SMARTS) is 1. The first kappa shape index (κ1) is 25.5. The molecule has 0 rings (SSSR count). The molecular formula is C18H42N4O2. The van der Waals surface area contributed by atoms with Crippen molar-refractivity contribution < 1.29 is 9.90 Å². The molecule has 24 heavy (non-hydrogen) atoms. The van der Waals surface area contributed by atoms with Crippen LogP contribution < -0.4 is 22.9 Å². The normalized spacial score (nSPS) is 11.7. The third-order valence-electron chi connectivity index (χ3n) is 3.94. The predicted molar refractivity (Wildman–Crippen MR) is 103 cm³/mol. The van der Waals surface area contributed by atoms with Gasteiger partial charge in [0.2, 0.25) is 0 Å². The maximum Gasteiger partial charge on any atom is 0.320 e. The summed E-state index contributed by atoms with van der Waals surface area (Å²) < 4.78 is 0. The molecule has 0 bridgehead atoms. The second-order valence-corrected chi connectivity index (χ2v) is 6.34. The van der Waals surface area contributed by atoms with Gasteiger partial charge in [0.15, 0.2) is 0 Å². The lowest BCUT2D eigenvalue weighted by Crippen LogP contribution is -2.29. The zero-order valence-electron chi connectivity index (χ0n) is 15.6. The molecule has 0 heterocycles. The fraction of sp³-hybridized carbons (Fsp3) is 0.944. The third kappa shape index (κ3) is 23.6. The van der Waals surface area contributed by atoms with Gasteiger partial charge in [0.1, 0.15) is 6.04 Å². The van der Waals surface area contributed by atoms with Crippen LogP contribution in [0.5, 0.6) is 0 Å². The molecule has 0 aliphatic carbocycles. The van der Waals surface area contributed by atoms with Crippen molar-refractivity contribution in [1.82, 2.24) is 0 Å². The molecule has 1 atom stereocenters. The van der Waals surface area contributed by atoms with Crippen molar-refractivity contribution in [3.8, 4) is 0 Å². The van der Waals surface area contributed by atoms with Gasteiger partial charge in [0.25, 0.3) is 0 Å². The van der Waals surface area contributed by atoms with Gasteiger partial charge >= 0.3 is 5.97 Å². The van der Waals surface area contributed by atoms with E-state index in [1.54, 1.807) is 0 Å². The lowest BCUT2D eigenvalue weighted by atomic mass is 10.1. The summed E-state index contributed by atoms with van der Waals surface area (Å²) in [6.07, 6.45) is 15.6. The minimum atomic E-state index is -0.933. The summed E-state index contributed by atoms with van der Waals surface area (Å²) in [4.78, 5) is 10.1. The molecule has 0 amide bonds. The first-order chi connectivity index (χ1) is 11.6. The zero-order valence-corrected chi connectivity index (χ0v) is 15.6. The van der Waals surface area contributed by atoms with Crippen LogP contribution >= 0.6 is 0 Å². The summed E-state index contributed by atoms with van der Waals surface area (Å²) in [6.45, 7) is 2.32. The second-order valence-electron chi connectivity index (χ2n) is 6.34. The fourth-order valence-electron chi connectivity index (χ4n) is 2.33. The lowest BCUT2D eigenvalue weighted by molar-refractivity contribution is -0.138. The maximum atomic E-state index is 10.1. The Balaban J connectivity index is 0. The second kappa shape index (κ2) is 22.3. The topological polar surface area (TPSA) is 141 Å². The Bertz CT molecular complexity index is 241. The van der Waals surface area contributed by atoms with Gasteiger partial charge in [-0.15, -0.1) is 0 Å². The van der Waals surface area contributed by atoms with E-state index >= 15 is 0 Å². The van der Waals surface area contributed by atoms with Crippen LogP contribution in [0.1, 0.15) is 83.5 Å². The van der Waals surface area contributed by atoms with E-state index in [1.165, 1.54) is 64.2 Å². The van der Waals surface area contributed by atoms with Gasteiger partial charge in [0, 0.05) is 0 Å². The van der Waals surface area contributed by atoms with Crippen molar-refractivity contribution in [2.24, 2.45) is 22.9 Å². The van der Waals surface area contributed by atoms with E-state index in [1.807, 2.05) is 0 Å². The Morgan fingerprint density at radius 3 is 1.21 bits per heavy atom. The van der Waals surface area contributed by atoms with Crippen molar-refractivity contribution in [3.05, 3.63) is 0 Å². The number of rotatable bonds is 16. The molecule has 0 aromatic carbocycles. The summed E-state index contributed by atoms with van der Waals surface area (Å²) in [5.74, 6) is -0.933. The van der Waals surface area contributed by atoms with E-state index in [0.717, 1.165) is 25.9 Å². The number of hydrogen-bond acceptors (Lipinski definition) is 5. The maximum absolute atomic E-state index is 10.1. The SMILES string of the molecule is NCCCCC(N)C(=O)O.NCCCCCCCCCCCCN. The smallest absolute Gasteiger partial charge is 0.320 e. The highest BCUT2D eigenvalue weighted by Crippen LogP contribution is 2.09. The summed E-state index contributed by atoms with van der Waals surface area (Å²) >= 11 is 0. The van der Waals surface area contributed by atoms with Crippen molar-refractivity contribution in [2.45, 2.75) is 89.5 Å². The van der Waals surface area contributed by atoms with Crippen LogP contribution in [0.25, 0.3) is 0 Å². The number of aliphatic carboxylic acids is 1. The van der Waals surface area contributed by atoms with Crippen molar-refractivity contribution >= 4 is 5.97 Å². The molecule has 0 radical (unpaired) electrons. The van der Waals surface area contributed by atoms with Gasteiger partial charge in [-0.3, -0.25) is 4.79 Å². The van der Waals surface area contributed by atoms with E-state index in [-0.39, 0.29) is 0 Å². The molecule has 0 spiro atoms. The molecule has 0 aliphatic heterocycles. The van der Waals surface area contributed by atoms with Gasteiger partial charge in [-0.1, -0.05) is 57.8 Å². The molecular weight excluding hydrogens is 304 g/mol. The van der Waals surface area contributed by atoms with Crippen molar-refractivity contribution in [3.63, 3.8) is 0 Å². The average Bonchev–Trinajstić information content (AvgIpc) is 2.57. The van der Waals surface area contributed by atoms with Gasteiger partial charge < -0.3 is 28.0 Å². The standard InChI is InChI=1S/C12H28N2.C6H14N2O2/c13-11-9-7-5-3-1-2-4-6-8-10-12-14;7-4-2-1-3-5(8)6(9)10/h1-14H2;5H,1-4,7-8H2,(H,9,10). The van der Waals surface area contributed by atoms with Gasteiger partial charge in [-0.2, -0.15) is 0 Å². The van der Waals surface area contributed by atoms with Crippen LogP contribution in [0.2, 0.25) is 0 Å². The highest BCUT2D eigenvalue weighted by Gasteiger charge is 2.09. The molecule has 6 nitrogen and oxygen atoms in total. The van der Waals surface area contributed by atoms with E-state index in [4.69, 9.17) is 28.0 Å². The molecule has 0 aromatic rings. The molecule has 6 heteroatoms. The summed E-state index contributed by atoms with van der Waals surface area (Å²) in [7, 11) is 0. The van der Waals surface area contributed by atoms with Crippen LogP contribution in [-0.2, 0) is 4.79 Å². The third-order valence-corrected chi connectivity index (χ3v) is 3.94. The Hall–Kier alpha value is -0.690. The predicted octanol–water partition coefficient (Wildman–Crippen LogP) is 2.33. The molecule has 146 valence electrons. The van der Waals surface area contributed by atoms with Crippen molar-refractivity contribution in [1.29, 1.82) is 0 Å². The Morgan fingerprint density at radius 2 is 0.917 bits per heavy atom. The molecule has 9 N–H and O–H groups in total. The minimum absolute atomic E-state index is 0.520. The quantitative estimate of drug-likeness (QED) is 0.272. The fourth-order valence-corrected chi connectivity index (χ4v) is 2.33. The largest absolute Gasteiger partial charge is 0.480 e. The Morgan fingerprint density at radius 1 is 0.625 bits per heavy atom. The van der Waals surface area contributed by atoms with Gasteiger partial charge in [-0.25, -0.2) is 0 Å². The minimum Gasteiger partial charge on any atom is -0.480 e. The zero-order chi connectivity index (χ0) is 18.5. The highest BCUT2D eigenvalue weighted by atomic mass is 16.4. The summed E-state index contributed by atoms with van der Waals surface area (Å²) in [6, 6.07) is -0.716. The molecule has 0 saturated carbocycles. The first-order valence-electron chi connectivity index (χ1n) is 9.68. The molecule has 1 unspecified atom stereocenters. The molecule has 0 fully saturated rings. The van der Waals surface area contributed by atoms with E-state index in [2.05, 4.69) is 0 Å². The molecule has 0 aromatic heterocycles. The monoisotopic (exact) mass is 346 g/mol. The molecule has 0 saturated heterocycles. The first-order valence-corrected chi connectivity index (χ1v) is 9.68. The van der Waals surface area contributed by atoms with Crippen LogP contribution in [0, 0.1) is 0 Å². The summed E-state index contributed by atoms with van der Waals surface area (Å²) in [5.41, 5.74) is 21.3. The summed E-state index contributed by atoms with van der Waals surface area (Å²) in [5, 5.41) is 8.33. The van der Waals surface area contributed by atoms with E-state index < -0.39 is 12.0 Å². The number of carbonyl (C=O) groups is 1. The van der Waals surface area contributed by atoms with Crippen LogP contribution in [0.3, 0.4) is 0 Å². The van der Waals surface area contributed by atoms with Crippen LogP contribution in [0.15, 0.2) is 0 Å². The number of hydrogen-bond donors (Lipinski definition) is 5.